The summed E-state index contributed by atoms with van der Waals surface area (Å²) in [6.45, 7) is 2.04. The molecule has 2 heterocycles. The lowest BCUT2D eigenvalue weighted by atomic mass is 10.2. The van der Waals surface area contributed by atoms with Crippen molar-refractivity contribution in [1.82, 2.24) is 14.8 Å². The number of thiazole rings is 1. The highest BCUT2D eigenvalue weighted by Gasteiger charge is 2.23. The van der Waals surface area contributed by atoms with E-state index in [2.05, 4.69) is 10.5 Å². The zero-order valence-corrected chi connectivity index (χ0v) is 10.4. The third-order valence-electron chi connectivity index (χ3n) is 3.00. The molecule has 1 fully saturated rings. The van der Waals surface area contributed by atoms with Gasteiger partial charge in [-0.2, -0.15) is 5.10 Å². The standard InChI is InChI=1S/C12H15N3S/c1-8-10(6-15(2)14-8)11-7-16-12(13-11)5-9-3-4-9/h6-7,9H,3-5H2,1-2H3. The molecule has 1 aliphatic carbocycles. The predicted molar refractivity (Wildman–Crippen MR) is 65.5 cm³/mol. The fourth-order valence-electron chi connectivity index (χ4n) is 1.95. The third-order valence-corrected chi connectivity index (χ3v) is 3.87. The van der Waals surface area contributed by atoms with Crippen molar-refractivity contribution in [2.75, 3.05) is 0 Å². The summed E-state index contributed by atoms with van der Waals surface area (Å²) in [6, 6.07) is 0. The summed E-state index contributed by atoms with van der Waals surface area (Å²) >= 11 is 1.78. The Bertz CT molecular complexity index is 508. The quantitative estimate of drug-likeness (QED) is 0.816. The van der Waals surface area contributed by atoms with E-state index in [1.54, 1.807) is 11.3 Å². The molecule has 1 saturated carbocycles. The summed E-state index contributed by atoms with van der Waals surface area (Å²) in [5, 5.41) is 7.78. The Kier molecular flexibility index (Phi) is 2.32. The highest BCUT2D eigenvalue weighted by Crippen LogP contribution is 2.34. The molecule has 2 aromatic rings. The van der Waals surface area contributed by atoms with Crippen molar-refractivity contribution in [1.29, 1.82) is 0 Å². The van der Waals surface area contributed by atoms with Gasteiger partial charge in [-0.25, -0.2) is 4.98 Å². The van der Waals surface area contributed by atoms with Crippen LogP contribution in [0.1, 0.15) is 23.5 Å². The van der Waals surface area contributed by atoms with Crippen molar-refractivity contribution in [3.05, 3.63) is 22.3 Å². The van der Waals surface area contributed by atoms with Gasteiger partial charge < -0.3 is 0 Å². The molecular weight excluding hydrogens is 218 g/mol. The largest absolute Gasteiger partial charge is 0.275 e. The van der Waals surface area contributed by atoms with E-state index in [1.807, 2.05) is 24.9 Å². The van der Waals surface area contributed by atoms with Crippen LogP contribution in [0.25, 0.3) is 11.3 Å². The molecule has 2 aromatic heterocycles. The predicted octanol–water partition coefficient (Wildman–Crippen LogP) is 2.80. The topological polar surface area (TPSA) is 30.7 Å². The van der Waals surface area contributed by atoms with Crippen LogP contribution in [0.3, 0.4) is 0 Å². The summed E-state index contributed by atoms with van der Waals surface area (Å²) in [6.07, 6.45) is 6.00. The zero-order valence-electron chi connectivity index (χ0n) is 9.60. The zero-order chi connectivity index (χ0) is 11.1. The maximum Gasteiger partial charge on any atom is 0.0935 e. The second-order valence-corrected chi connectivity index (χ2v) is 5.52. The molecule has 0 amide bonds. The Hall–Kier alpha value is -1.16. The molecular formula is C12H15N3S. The first-order chi connectivity index (χ1) is 7.72. The van der Waals surface area contributed by atoms with E-state index in [4.69, 9.17) is 4.98 Å². The fraction of sp³-hybridized carbons (Fsp3) is 0.500. The van der Waals surface area contributed by atoms with Gasteiger partial charge in [-0.15, -0.1) is 11.3 Å². The first-order valence-corrected chi connectivity index (χ1v) is 6.55. The van der Waals surface area contributed by atoms with Gasteiger partial charge in [0.05, 0.1) is 16.4 Å². The first-order valence-electron chi connectivity index (χ1n) is 5.67. The number of hydrogen-bond acceptors (Lipinski definition) is 3. The third kappa shape index (κ3) is 1.89. The smallest absolute Gasteiger partial charge is 0.0935 e. The van der Waals surface area contributed by atoms with Crippen LogP contribution < -0.4 is 0 Å². The molecule has 0 saturated heterocycles. The molecule has 3 nitrogen and oxygen atoms in total. The van der Waals surface area contributed by atoms with E-state index in [9.17, 15) is 0 Å². The Morgan fingerprint density at radius 1 is 1.50 bits per heavy atom. The Balaban J connectivity index is 1.87. The average Bonchev–Trinajstić information content (AvgIpc) is 2.80. The summed E-state index contributed by atoms with van der Waals surface area (Å²) in [5.74, 6) is 0.911. The SMILES string of the molecule is Cc1nn(C)cc1-c1csc(CC2CC2)n1. The minimum Gasteiger partial charge on any atom is -0.275 e. The molecule has 0 N–H and O–H groups in total. The van der Waals surface area contributed by atoms with E-state index in [0.29, 0.717) is 0 Å². The van der Waals surface area contributed by atoms with Gasteiger partial charge in [0.2, 0.25) is 0 Å². The van der Waals surface area contributed by atoms with Crippen molar-refractivity contribution >= 4 is 11.3 Å². The van der Waals surface area contributed by atoms with Crippen LogP contribution in [-0.4, -0.2) is 14.8 Å². The van der Waals surface area contributed by atoms with Gasteiger partial charge in [-0.3, -0.25) is 4.68 Å². The molecule has 0 radical (unpaired) electrons. The lowest BCUT2D eigenvalue weighted by molar-refractivity contribution is 0.756. The Morgan fingerprint density at radius 3 is 2.94 bits per heavy atom. The maximum absolute atomic E-state index is 4.70. The summed E-state index contributed by atoms with van der Waals surface area (Å²) in [5.41, 5.74) is 3.32. The average molecular weight is 233 g/mol. The fourth-order valence-corrected chi connectivity index (χ4v) is 2.86. The number of aromatic nitrogens is 3. The number of nitrogens with zero attached hydrogens (tertiary/aromatic N) is 3. The molecule has 0 atom stereocenters. The van der Waals surface area contributed by atoms with Gasteiger partial charge in [0.1, 0.15) is 0 Å². The molecule has 0 aliphatic heterocycles. The summed E-state index contributed by atoms with van der Waals surface area (Å²) in [7, 11) is 1.95. The number of hydrogen-bond donors (Lipinski definition) is 0. The second kappa shape index (κ2) is 3.70. The van der Waals surface area contributed by atoms with Crippen molar-refractivity contribution in [2.24, 2.45) is 13.0 Å². The van der Waals surface area contributed by atoms with Crippen molar-refractivity contribution in [3.8, 4) is 11.3 Å². The molecule has 0 bridgehead atoms. The molecule has 3 rings (SSSR count). The maximum atomic E-state index is 4.70. The van der Waals surface area contributed by atoms with Gasteiger partial charge in [-0.1, -0.05) is 0 Å². The van der Waals surface area contributed by atoms with Gasteiger partial charge >= 0.3 is 0 Å². The summed E-state index contributed by atoms with van der Waals surface area (Å²) in [4.78, 5) is 4.70. The van der Waals surface area contributed by atoms with E-state index in [1.165, 1.54) is 29.8 Å². The molecule has 4 heteroatoms. The highest BCUT2D eigenvalue weighted by atomic mass is 32.1. The van der Waals surface area contributed by atoms with E-state index in [-0.39, 0.29) is 0 Å². The molecule has 0 spiro atoms. The number of rotatable bonds is 3. The van der Waals surface area contributed by atoms with E-state index < -0.39 is 0 Å². The lowest BCUT2D eigenvalue weighted by Crippen LogP contribution is -1.86. The molecule has 1 aliphatic rings. The van der Waals surface area contributed by atoms with Crippen LogP contribution in [0.4, 0.5) is 0 Å². The number of aryl methyl sites for hydroxylation is 2. The van der Waals surface area contributed by atoms with Crippen LogP contribution in [0, 0.1) is 12.8 Å². The first kappa shape index (κ1) is 10.0. The Labute approximate surface area is 99.1 Å². The minimum absolute atomic E-state index is 0.911. The van der Waals surface area contributed by atoms with Crippen molar-refractivity contribution < 1.29 is 0 Å². The Morgan fingerprint density at radius 2 is 2.31 bits per heavy atom. The highest BCUT2D eigenvalue weighted by molar-refractivity contribution is 7.09. The van der Waals surface area contributed by atoms with Crippen LogP contribution in [0.15, 0.2) is 11.6 Å². The van der Waals surface area contributed by atoms with Gasteiger partial charge in [0.25, 0.3) is 0 Å². The monoisotopic (exact) mass is 233 g/mol. The van der Waals surface area contributed by atoms with Gasteiger partial charge in [0, 0.05) is 30.6 Å². The molecule has 16 heavy (non-hydrogen) atoms. The normalized spacial score (nSPS) is 15.6. The van der Waals surface area contributed by atoms with Crippen molar-refractivity contribution in [3.63, 3.8) is 0 Å². The molecule has 84 valence electrons. The minimum atomic E-state index is 0.911. The van der Waals surface area contributed by atoms with Crippen LogP contribution in [0.2, 0.25) is 0 Å². The van der Waals surface area contributed by atoms with Crippen LogP contribution in [0.5, 0.6) is 0 Å². The molecule has 0 aromatic carbocycles. The van der Waals surface area contributed by atoms with Crippen molar-refractivity contribution in [2.45, 2.75) is 26.2 Å². The molecule has 0 unspecified atom stereocenters. The van der Waals surface area contributed by atoms with Gasteiger partial charge in [0.15, 0.2) is 0 Å². The van der Waals surface area contributed by atoms with Gasteiger partial charge in [-0.05, 0) is 25.7 Å². The van der Waals surface area contributed by atoms with E-state index in [0.717, 1.165) is 17.3 Å². The second-order valence-electron chi connectivity index (χ2n) is 4.58. The van der Waals surface area contributed by atoms with Crippen LogP contribution >= 0.6 is 11.3 Å². The van der Waals surface area contributed by atoms with E-state index >= 15 is 0 Å². The lowest BCUT2D eigenvalue weighted by Gasteiger charge is -1.92. The van der Waals surface area contributed by atoms with Crippen LogP contribution in [-0.2, 0) is 13.5 Å². The summed E-state index contributed by atoms with van der Waals surface area (Å²) < 4.78 is 1.85.